The van der Waals surface area contributed by atoms with Gasteiger partial charge in [0.05, 0.1) is 30.6 Å². The predicted molar refractivity (Wildman–Crippen MR) is 89.6 cm³/mol. The zero-order valence-electron chi connectivity index (χ0n) is 13.4. The summed E-state index contributed by atoms with van der Waals surface area (Å²) < 4.78 is 7.26. The summed E-state index contributed by atoms with van der Waals surface area (Å²) in [5.41, 5.74) is 2.67. The van der Waals surface area contributed by atoms with E-state index in [9.17, 15) is 4.79 Å². The normalized spacial score (nSPS) is 15.7. The van der Waals surface area contributed by atoms with E-state index in [1.165, 1.54) is 0 Å². The fraction of sp³-hybridized carbons (Fsp3) is 0.500. The van der Waals surface area contributed by atoms with Crippen LogP contribution in [0.25, 0.3) is 11.0 Å². The summed E-state index contributed by atoms with van der Waals surface area (Å²) in [6.45, 7) is 5.24. The average Bonchev–Trinajstić information content (AvgIpc) is 2.93. The highest BCUT2D eigenvalue weighted by Gasteiger charge is 2.09. The molecule has 0 saturated carbocycles. The lowest BCUT2D eigenvalue weighted by Gasteiger charge is -2.26. The van der Waals surface area contributed by atoms with E-state index >= 15 is 0 Å². The first-order valence-corrected chi connectivity index (χ1v) is 7.98. The van der Waals surface area contributed by atoms with Crippen LogP contribution in [-0.4, -0.2) is 59.9 Å². The highest BCUT2D eigenvalue weighted by Crippen LogP contribution is 2.17. The first-order valence-electron chi connectivity index (χ1n) is 7.98. The van der Waals surface area contributed by atoms with Crippen molar-refractivity contribution in [3.8, 4) is 0 Å². The maximum absolute atomic E-state index is 11.9. The van der Waals surface area contributed by atoms with Gasteiger partial charge < -0.3 is 19.9 Å². The third kappa shape index (κ3) is 4.20. The number of imidazole rings is 1. The van der Waals surface area contributed by atoms with Crippen molar-refractivity contribution < 1.29 is 9.53 Å². The van der Waals surface area contributed by atoms with E-state index in [1.807, 2.05) is 29.8 Å². The number of hydrogen-bond acceptors (Lipinski definition) is 4. The number of urea groups is 1. The van der Waals surface area contributed by atoms with Gasteiger partial charge in [-0.15, -0.1) is 0 Å². The largest absolute Gasteiger partial charge is 0.379 e. The smallest absolute Gasteiger partial charge is 0.319 e. The molecule has 0 aliphatic carbocycles. The lowest BCUT2D eigenvalue weighted by molar-refractivity contribution is 0.0375. The van der Waals surface area contributed by atoms with Gasteiger partial charge in [-0.1, -0.05) is 0 Å². The van der Waals surface area contributed by atoms with E-state index in [0.717, 1.165) is 56.0 Å². The molecule has 0 atom stereocenters. The van der Waals surface area contributed by atoms with Crippen molar-refractivity contribution in [1.29, 1.82) is 0 Å². The molecule has 0 unspecified atom stereocenters. The molecule has 7 heteroatoms. The molecule has 1 fully saturated rings. The number of carbonyl (C=O) groups is 1. The number of carbonyl (C=O) groups excluding carboxylic acids is 1. The number of nitrogens with one attached hydrogen (secondary N) is 2. The second-order valence-corrected chi connectivity index (χ2v) is 5.75. The fourth-order valence-corrected chi connectivity index (χ4v) is 2.72. The maximum atomic E-state index is 11.9. The monoisotopic (exact) mass is 317 g/mol. The Labute approximate surface area is 135 Å². The molecule has 0 spiro atoms. The van der Waals surface area contributed by atoms with Crippen LogP contribution in [0.2, 0.25) is 0 Å². The summed E-state index contributed by atoms with van der Waals surface area (Å²) >= 11 is 0. The van der Waals surface area contributed by atoms with Crippen molar-refractivity contribution in [2.75, 3.05) is 44.7 Å². The molecular formula is C16H23N5O2. The lowest BCUT2D eigenvalue weighted by Crippen LogP contribution is -2.38. The molecule has 1 aromatic heterocycles. The number of fused-ring (bicyclic) bond motifs is 1. The topological polar surface area (TPSA) is 71.4 Å². The first kappa shape index (κ1) is 15.8. The van der Waals surface area contributed by atoms with E-state index in [0.29, 0.717) is 6.54 Å². The molecular weight excluding hydrogens is 294 g/mol. The standard InChI is InChI=1S/C16H23N5O2/c1-20-12-18-14-11-13(3-4-15(14)20)19-16(22)17-5-2-6-21-7-9-23-10-8-21/h3-4,11-12H,2,5-10H2,1H3,(H2,17,19,22). The van der Waals surface area contributed by atoms with Crippen molar-refractivity contribution >= 4 is 22.8 Å². The third-order valence-electron chi connectivity index (χ3n) is 4.02. The zero-order chi connectivity index (χ0) is 16.1. The molecule has 1 aliphatic rings. The number of morpholine rings is 1. The van der Waals surface area contributed by atoms with Crippen LogP contribution in [0.5, 0.6) is 0 Å². The van der Waals surface area contributed by atoms with Gasteiger partial charge in [0.1, 0.15) is 0 Å². The molecule has 2 heterocycles. The number of aryl methyl sites for hydroxylation is 1. The van der Waals surface area contributed by atoms with E-state index in [1.54, 1.807) is 6.33 Å². The van der Waals surface area contributed by atoms with E-state index in [4.69, 9.17) is 4.74 Å². The van der Waals surface area contributed by atoms with Gasteiger partial charge in [-0.25, -0.2) is 9.78 Å². The maximum Gasteiger partial charge on any atom is 0.319 e. The first-order chi connectivity index (χ1) is 11.2. The Morgan fingerprint density at radius 2 is 2.17 bits per heavy atom. The quantitative estimate of drug-likeness (QED) is 0.818. The molecule has 124 valence electrons. The molecule has 2 aromatic rings. The minimum atomic E-state index is -0.178. The lowest BCUT2D eigenvalue weighted by atomic mass is 10.3. The minimum Gasteiger partial charge on any atom is -0.379 e. The van der Waals surface area contributed by atoms with Crippen molar-refractivity contribution in [1.82, 2.24) is 19.8 Å². The SMILES string of the molecule is Cn1cnc2cc(NC(=O)NCCCN3CCOCC3)ccc21. The number of amides is 2. The van der Waals surface area contributed by atoms with Gasteiger partial charge in [0.15, 0.2) is 0 Å². The molecule has 1 aromatic carbocycles. The predicted octanol–water partition coefficient (Wildman–Crippen LogP) is 1.42. The highest BCUT2D eigenvalue weighted by molar-refractivity contribution is 5.91. The van der Waals surface area contributed by atoms with Crippen LogP contribution in [0, 0.1) is 0 Å². The van der Waals surface area contributed by atoms with Crippen LogP contribution >= 0.6 is 0 Å². The molecule has 7 nitrogen and oxygen atoms in total. The Kier molecular flexibility index (Phi) is 5.09. The van der Waals surface area contributed by atoms with Crippen molar-refractivity contribution in [2.24, 2.45) is 7.05 Å². The number of benzene rings is 1. The number of nitrogens with zero attached hydrogens (tertiary/aromatic N) is 3. The molecule has 2 amide bonds. The number of anilines is 1. The van der Waals surface area contributed by atoms with Crippen LogP contribution in [0.15, 0.2) is 24.5 Å². The Morgan fingerprint density at radius 1 is 1.35 bits per heavy atom. The Bertz CT molecular complexity index is 664. The second kappa shape index (κ2) is 7.43. The van der Waals surface area contributed by atoms with Crippen LogP contribution < -0.4 is 10.6 Å². The molecule has 0 bridgehead atoms. The summed E-state index contributed by atoms with van der Waals surface area (Å²) in [4.78, 5) is 18.6. The van der Waals surface area contributed by atoms with Gasteiger partial charge in [-0.3, -0.25) is 4.90 Å². The highest BCUT2D eigenvalue weighted by atomic mass is 16.5. The summed E-state index contributed by atoms with van der Waals surface area (Å²) in [5.74, 6) is 0. The Hall–Kier alpha value is -2.12. The number of rotatable bonds is 5. The van der Waals surface area contributed by atoms with Gasteiger partial charge in [-0.05, 0) is 31.2 Å². The second-order valence-electron chi connectivity index (χ2n) is 5.75. The summed E-state index contributed by atoms with van der Waals surface area (Å²) in [5, 5.41) is 5.74. The molecule has 0 radical (unpaired) electrons. The number of hydrogen-bond donors (Lipinski definition) is 2. The summed E-state index contributed by atoms with van der Waals surface area (Å²) in [6.07, 6.45) is 2.70. The van der Waals surface area contributed by atoms with Crippen LogP contribution in [0.3, 0.4) is 0 Å². The van der Waals surface area contributed by atoms with Crippen molar-refractivity contribution in [2.45, 2.75) is 6.42 Å². The van der Waals surface area contributed by atoms with Crippen molar-refractivity contribution in [3.05, 3.63) is 24.5 Å². The van der Waals surface area contributed by atoms with Gasteiger partial charge in [0, 0.05) is 32.4 Å². The summed E-state index contributed by atoms with van der Waals surface area (Å²) in [6, 6.07) is 5.54. The minimum absolute atomic E-state index is 0.178. The number of ether oxygens (including phenoxy) is 1. The van der Waals surface area contributed by atoms with Crippen LogP contribution in [0.4, 0.5) is 10.5 Å². The average molecular weight is 317 g/mol. The molecule has 1 aliphatic heterocycles. The molecule has 1 saturated heterocycles. The van der Waals surface area contributed by atoms with E-state index in [2.05, 4.69) is 20.5 Å². The van der Waals surface area contributed by atoms with Gasteiger partial charge in [0.25, 0.3) is 0 Å². The fourth-order valence-electron chi connectivity index (χ4n) is 2.72. The van der Waals surface area contributed by atoms with E-state index in [-0.39, 0.29) is 6.03 Å². The number of aromatic nitrogens is 2. The van der Waals surface area contributed by atoms with E-state index < -0.39 is 0 Å². The molecule has 23 heavy (non-hydrogen) atoms. The van der Waals surface area contributed by atoms with Gasteiger partial charge >= 0.3 is 6.03 Å². The van der Waals surface area contributed by atoms with Gasteiger partial charge in [-0.2, -0.15) is 0 Å². The zero-order valence-corrected chi connectivity index (χ0v) is 13.4. The Balaban J connectivity index is 1.41. The van der Waals surface area contributed by atoms with Crippen LogP contribution in [-0.2, 0) is 11.8 Å². The van der Waals surface area contributed by atoms with Crippen molar-refractivity contribution in [3.63, 3.8) is 0 Å². The summed E-state index contributed by atoms with van der Waals surface area (Å²) in [7, 11) is 1.95. The third-order valence-corrected chi connectivity index (χ3v) is 4.02. The van der Waals surface area contributed by atoms with Crippen LogP contribution in [0.1, 0.15) is 6.42 Å². The Morgan fingerprint density at radius 3 is 3.00 bits per heavy atom. The molecule has 3 rings (SSSR count). The molecule has 2 N–H and O–H groups in total. The van der Waals surface area contributed by atoms with Gasteiger partial charge in [0.2, 0.25) is 0 Å².